The molecule has 0 N–H and O–H groups in total. The minimum absolute atomic E-state index is 0.117. The number of carbonyl (C=O) groups excluding carboxylic acids is 4. The van der Waals surface area contributed by atoms with E-state index in [1.807, 2.05) is 39.0 Å². The number of hydrogen-bond donors (Lipinski definition) is 0. The highest BCUT2D eigenvalue weighted by molar-refractivity contribution is 7.18. The van der Waals surface area contributed by atoms with Gasteiger partial charge in [-0.25, -0.2) is 14.6 Å². The van der Waals surface area contributed by atoms with Crippen LogP contribution in [0.4, 0.5) is 10.5 Å². The maximum atomic E-state index is 15.7. The number of ether oxygens (including phenoxy) is 6. The highest BCUT2D eigenvalue weighted by atomic mass is 32.1. The van der Waals surface area contributed by atoms with Gasteiger partial charge in [-0.1, -0.05) is 146 Å². The number of nitro benzene ring substituents is 1. The van der Waals surface area contributed by atoms with Gasteiger partial charge < -0.3 is 46.1 Å². The van der Waals surface area contributed by atoms with E-state index in [0.717, 1.165) is 26.4 Å². The number of cyclic esters (lactones) is 1. The minimum Gasteiger partial charge on any atom is -0.459 e. The predicted octanol–water partition coefficient (Wildman–Crippen LogP) is 18.5. The zero-order valence-corrected chi connectivity index (χ0v) is 66.2. The molecule has 0 saturated carbocycles. The van der Waals surface area contributed by atoms with Gasteiger partial charge in [0.15, 0.2) is 45.1 Å². The van der Waals surface area contributed by atoms with Crippen molar-refractivity contribution in [2.24, 2.45) is 17.3 Å². The van der Waals surface area contributed by atoms with Crippen LogP contribution in [0.25, 0.3) is 10.2 Å². The number of nitrogens with zero attached hydrogens (tertiary/aromatic N) is 2. The number of aryl methyl sites for hydroxylation is 1. The predicted molar refractivity (Wildman–Crippen MR) is 383 cm³/mol. The van der Waals surface area contributed by atoms with E-state index in [1.54, 1.807) is 31.3 Å². The Hall–Kier alpha value is -4.70. The van der Waals surface area contributed by atoms with Crippen molar-refractivity contribution < 1.29 is 70.2 Å². The maximum Gasteiger partial charge on any atom is 0.508 e. The lowest BCUT2D eigenvalue weighted by Gasteiger charge is -2.53. The molecule has 0 unspecified atom stereocenters. The van der Waals surface area contributed by atoms with Crippen LogP contribution in [0.15, 0.2) is 73.4 Å². The maximum absolute atomic E-state index is 15.7. The van der Waals surface area contributed by atoms with E-state index in [2.05, 4.69) is 155 Å². The fourth-order valence-corrected chi connectivity index (χ4v) is 16.6. The zero-order valence-electron chi connectivity index (χ0n) is 61.4. The number of esters is 2. The Morgan fingerprint density at radius 1 is 0.766 bits per heavy atom. The van der Waals surface area contributed by atoms with E-state index in [1.165, 1.54) is 24.3 Å². The second-order valence-electron chi connectivity index (χ2n) is 32.6. The standard InChI is InChI=1S/C71H114N2O16SSi4/c1-28-31-50-58(46(4)33-30-32-45(3)34-37-53(49-36-39-55-51(42-49)72-47(5)90-55)82-57(74)43-56(71(18,19)63(50)75)86-91(20,21)67(6,7)8)85-66(77)81-44-48-35-38-54(52(41-48)73(78)79)83-65-62(89-94(26,27)70(15,16)17)60(88-93(24,25)69(12,13)14)59(87-92(22,23)68(9,10)11)61(84-65)64(76)80-40-29-2/h28-29,34-36,38-39,41-42,46,50,53,56,58-62,65H,1-2,30-33,37,40,43-44H2,3-27H3/b45-34-/t46-,50+,53-,56-,58-,59+,60-,61-,62+,65+/m0/s1. The van der Waals surface area contributed by atoms with Crippen LogP contribution in [-0.2, 0) is 62.4 Å². The van der Waals surface area contributed by atoms with Gasteiger partial charge in [0.25, 0.3) is 0 Å². The molecule has 5 rings (SSSR count). The lowest BCUT2D eigenvalue weighted by Crippen LogP contribution is -2.69. The number of ketones is 1. The van der Waals surface area contributed by atoms with Crippen molar-refractivity contribution in [1.82, 2.24) is 4.98 Å². The van der Waals surface area contributed by atoms with Crippen molar-refractivity contribution in [3.05, 3.63) is 99.6 Å². The molecular weight excluding hydrogens is 1280 g/mol. The van der Waals surface area contributed by atoms with Crippen LogP contribution in [0.5, 0.6) is 5.75 Å². The SMILES string of the molecule is C=CCOC(=O)[C@H]1O[C@@H](Oc2ccc(COC(=O)O[C@H]3[C@@H](C)CCC/C(C)=C\C[C@@H](c4ccc5sc(C)nc5c4)OC(=O)C[C@H](O[Si](C)(C)C(C)(C)C)C(C)(C)C(=O)[C@@H]3CC=C)cc2[N+](=O)[O-])[C@H](O[Si](C)(C)C(C)(C)C)[C@@H](O[Si](C)(C)C(C)(C)C)[C@H]1O[Si](C)(C)C(C)(C)C. The molecule has 2 aliphatic heterocycles. The molecule has 2 aromatic carbocycles. The van der Waals surface area contributed by atoms with Gasteiger partial charge in [-0.05, 0) is 147 Å². The van der Waals surface area contributed by atoms with E-state index in [9.17, 15) is 24.5 Å². The molecule has 0 amide bonds. The summed E-state index contributed by atoms with van der Waals surface area (Å²) in [6.45, 7) is 58.6. The molecule has 23 heteroatoms. The van der Waals surface area contributed by atoms with Gasteiger partial charge in [-0.2, -0.15) is 0 Å². The third-order valence-corrected chi connectivity index (χ3v) is 39.5. The molecule has 3 heterocycles. The normalized spacial score (nSPS) is 25.1. The smallest absolute Gasteiger partial charge is 0.459 e. The summed E-state index contributed by atoms with van der Waals surface area (Å²) >= 11 is 1.60. The molecule has 94 heavy (non-hydrogen) atoms. The molecule has 1 saturated heterocycles. The first-order valence-corrected chi connectivity index (χ1v) is 45.7. The van der Waals surface area contributed by atoms with E-state index in [4.69, 9.17) is 51.1 Å². The number of carbonyl (C=O) groups is 4. The monoisotopic (exact) mass is 1390 g/mol. The van der Waals surface area contributed by atoms with Crippen LogP contribution in [0.3, 0.4) is 0 Å². The average Bonchev–Trinajstić information content (AvgIpc) is 0.883. The van der Waals surface area contributed by atoms with E-state index < -0.39 is 135 Å². The molecule has 0 spiro atoms. The van der Waals surface area contributed by atoms with Gasteiger partial charge >= 0.3 is 23.8 Å². The third-order valence-electron chi connectivity index (χ3n) is 20.7. The Labute approximate surface area is 570 Å². The summed E-state index contributed by atoms with van der Waals surface area (Å²) in [5, 5.41) is 12.9. The van der Waals surface area contributed by atoms with Crippen LogP contribution in [0.1, 0.15) is 172 Å². The Morgan fingerprint density at radius 2 is 1.33 bits per heavy atom. The van der Waals surface area contributed by atoms with Gasteiger partial charge in [-0.15, -0.1) is 17.9 Å². The van der Waals surface area contributed by atoms with Crippen molar-refractivity contribution in [2.45, 2.75) is 284 Å². The molecular formula is C71H114N2O16SSi4. The van der Waals surface area contributed by atoms with E-state index in [-0.39, 0.29) is 56.7 Å². The lowest BCUT2D eigenvalue weighted by molar-refractivity contribution is -0.387. The fraction of sp³-hybridized carbons (Fsp3) is 0.676. The molecule has 1 aromatic heterocycles. The van der Waals surface area contributed by atoms with Gasteiger partial charge in [0.05, 0.1) is 38.6 Å². The molecule has 526 valence electrons. The summed E-state index contributed by atoms with van der Waals surface area (Å²) in [4.78, 5) is 76.5. The quantitative estimate of drug-likeness (QED) is 0.0257. The molecule has 18 nitrogen and oxygen atoms in total. The Morgan fingerprint density at radius 3 is 1.88 bits per heavy atom. The van der Waals surface area contributed by atoms with Crippen molar-refractivity contribution in [2.75, 3.05) is 6.61 Å². The number of nitro groups is 1. The van der Waals surface area contributed by atoms with Crippen molar-refractivity contribution >= 4 is 84.4 Å². The Kier molecular flexibility index (Phi) is 26.4. The molecule has 0 radical (unpaired) electrons. The fourth-order valence-electron chi connectivity index (χ4n) is 10.5. The number of allylic oxidation sites excluding steroid dienone is 2. The van der Waals surface area contributed by atoms with Gasteiger partial charge in [0.2, 0.25) is 6.29 Å². The van der Waals surface area contributed by atoms with Crippen LogP contribution < -0.4 is 4.74 Å². The van der Waals surface area contributed by atoms with Gasteiger partial charge in [0, 0.05) is 17.9 Å². The lowest BCUT2D eigenvalue weighted by atomic mass is 9.71. The second-order valence-corrected chi connectivity index (χ2v) is 52.8. The largest absolute Gasteiger partial charge is 0.508 e. The molecule has 3 aromatic rings. The average molecular weight is 1400 g/mol. The summed E-state index contributed by atoms with van der Waals surface area (Å²) in [6.07, 6.45) is -2.39. The van der Waals surface area contributed by atoms with E-state index in [0.29, 0.717) is 25.7 Å². The first-order chi connectivity index (χ1) is 43.0. The molecule has 0 aliphatic carbocycles. The first-order valence-electron chi connectivity index (χ1n) is 33.3. The highest BCUT2D eigenvalue weighted by Crippen LogP contribution is 2.48. The summed E-state index contributed by atoms with van der Waals surface area (Å²) in [5.74, 6) is -3.14. The summed E-state index contributed by atoms with van der Waals surface area (Å²) in [6, 6.07) is 10.1. The van der Waals surface area contributed by atoms with Crippen LogP contribution in [0.2, 0.25) is 72.5 Å². The summed E-state index contributed by atoms with van der Waals surface area (Å²) in [5.41, 5.74) is 1.11. The van der Waals surface area contributed by atoms with Crippen LogP contribution in [0, 0.1) is 34.3 Å². The topological polar surface area (TPSA) is 217 Å². The molecule has 10 atom stereocenters. The Balaban J connectivity index is 1.54. The first kappa shape index (κ1) is 80.0. The highest BCUT2D eigenvalue weighted by Gasteiger charge is 2.60. The number of aromatic nitrogens is 1. The molecule has 1 fully saturated rings. The summed E-state index contributed by atoms with van der Waals surface area (Å²) < 4.78 is 68.0. The Bertz CT molecular complexity index is 3200. The van der Waals surface area contributed by atoms with Gasteiger partial charge in [-0.3, -0.25) is 19.7 Å². The third kappa shape index (κ3) is 20.0. The number of fused-ring (bicyclic) bond motifs is 1. The number of Topliss-reactive ketones (excluding diaryl/α,β-unsaturated/α-hetero) is 1. The second kappa shape index (κ2) is 31.0. The van der Waals surface area contributed by atoms with E-state index >= 15 is 4.79 Å². The molecule has 0 bridgehead atoms. The van der Waals surface area contributed by atoms with Crippen LogP contribution in [-0.4, -0.2) is 117 Å². The molecule has 2 aliphatic rings. The minimum atomic E-state index is -2.82. The van der Waals surface area contributed by atoms with Crippen LogP contribution >= 0.6 is 11.3 Å². The zero-order chi connectivity index (χ0) is 71.3. The number of benzene rings is 2. The number of rotatable bonds is 20. The number of thiazole rings is 1. The van der Waals surface area contributed by atoms with Crippen molar-refractivity contribution in [3.63, 3.8) is 0 Å². The number of hydrogen-bond acceptors (Lipinski definition) is 18. The van der Waals surface area contributed by atoms with Crippen molar-refractivity contribution in [1.29, 1.82) is 0 Å². The van der Waals surface area contributed by atoms with Crippen molar-refractivity contribution in [3.8, 4) is 5.75 Å². The summed E-state index contributed by atoms with van der Waals surface area (Å²) in [7, 11) is -11.1. The van der Waals surface area contributed by atoms with Gasteiger partial charge in [0.1, 0.15) is 49.5 Å².